The van der Waals surface area contributed by atoms with E-state index in [0.29, 0.717) is 11.9 Å². The highest BCUT2D eigenvalue weighted by Crippen LogP contribution is 2.49. The number of carbonyl (C=O) groups is 2. The number of anilines is 1. The zero-order chi connectivity index (χ0) is 19.7. The molecule has 0 amide bonds. The van der Waals surface area contributed by atoms with Crippen LogP contribution >= 0.6 is 22.7 Å². The Morgan fingerprint density at radius 3 is 2.61 bits per heavy atom. The molecule has 2 aliphatic rings. The van der Waals surface area contributed by atoms with E-state index in [4.69, 9.17) is 9.84 Å². The van der Waals surface area contributed by atoms with Crippen molar-refractivity contribution >= 4 is 50.4 Å². The Hall–Kier alpha value is -3.10. The molecule has 0 saturated carbocycles. The molecule has 0 spiro atoms. The summed E-state index contributed by atoms with van der Waals surface area (Å²) in [6.07, 6.45) is 0. The maximum atomic E-state index is 11.5. The van der Waals surface area contributed by atoms with Gasteiger partial charge in [0.25, 0.3) is 0 Å². The molecule has 1 aromatic carbocycles. The number of thiophene rings is 1. The van der Waals surface area contributed by atoms with E-state index in [9.17, 15) is 14.7 Å². The summed E-state index contributed by atoms with van der Waals surface area (Å²) in [5.74, 6) is -2.14. The van der Waals surface area contributed by atoms with Crippen LogP contribution in [0.25, 0.3) is 20.5 Å². The second-order valence-corrected chi connectivity index (χ2v) is 8.02. The lowest BCUT2D eigenvalue weighted by Crippen LogP contribution is -2.10. The van der Waals surface area contributed by atoms with Gasteiger partial charge in [-0.25, -0.2) is 9.59 Å². The Bertz CT molecular complexity index is 1130. The van der Waals surface area contributed by atoms with Gasteiger partial charge in [0, 0.05) is 27.2 Å². The van der Waals surface area contributed by atoms with Crippen molar-refractivity contribution in [2.75, 3.05) is 11.9 Å². The van der Waals surface area contributed by atoms with Gasteiger partial charge >= 0.3 is 11.9 Å². The molecule has 142 valence electrons. The minimum Gasteiger partial charge on any atom is -0.479 e. The van der Waals surface area contributed by atoms with E-state index in [0.717, 1.165) is 32.2 Å². The average Bonchev–Trinajstić information content (AvgIpc) is 3.21. The standard InChI is InChI=1S/C20H15NO5S2/c22-15(23)9-26-17-16-14(28-19(17)20(24)25)7-12-6-13(10-27-18(12)16)21-8-11-4-2-1-3-5-11/h1-7,10,21H,8-9H2,(H,22,23)(H,24,25). The highest BCUT2D eigenvalue weighted by Gasteiger charge is 2.25. The van der Waals surface area contributed by atoms with E-state index in [-0.39, 0.29) is 10.6 Å². The number of fused-ring (bicyclic) bond motifs is 3. The molecule has 0 bridgehead atoms. The fourth-order valence-corrected chi connectivity index (χ4v) is 5.04. The molecule has 1 aliphatic carbocycles. The molecule has 2 heterocycles. The zero-order valence-electron chi connectivity index (χ0n) is 14.5. The SMILES string of the molecule is O=C(O)COc1c(C(=O)O)sc2cc3cc(NCc4ccccc4)csc-3c12. The summed E-state index contributed by atoms with van der Waals surface area (Å²) >= 11 is 2.57. The number of nitrogens with one attached hydrogen (secondary N) is 1. The third-order valence-electron chi connectivity index (χ3n) is 4.16. The summed E-state index contributed by atoms with van der Waals surface area (Å²) in [5.41, 5.74) is 3.10. The number of aliphatic carboxylic acids is 1. The topological polar surface area (TPSA) is 95.9 Å². The van der Waals surface area contributed by atoms with E-state index < -0.39 is 18.5 Å². The number of ether oxygens (including phenoxy) is 1. The minimum absolute atomic E-state index is 0.0200. The molecule has 4 rings (SSSR count). The molecule has 3 N–H and O–H groups in total. The van der Waals surface area contributed by atoms with Crippen LogP contribution in [0.3, 0.4) is 0 Å². The highest BCUT2D eigenvalue weighted by atomic mass is 32.1. The molecule has 28 heavy (non-hydrogen) atoms. The van der Waals surface area contributed by atoms with Crippen LogP contribution in [0.1, 0.15) is 15.2 Å². The van der Waals surface area contributed by atoms with Gasteiger partial charge in [0.05, 0.1) is 5.39 Å². The van der Waals surface area contributed by atoms with Crippen molar-refractivity contribution in [1.29, 1.82) is 0 Å². The molecule has 0 atom stereocenters. The van der Waals surface area contributed by atoms with Crippen molar-refractivity contribution < 1.29 is 24.5 Å². The second kappa shape index (κ2) is 7.49. The van der Waals surface area contributed by atoms with Crippen LogP contribution < -0.4 is 10.1 Å². The fraction of sp³-hybridized carbons (Fsp3) is 0.100. The molecule has 2 aromatic rings. The number of aromatic carboxylic acids is 1. The number of carboxylic acids is 2. The Labute approximate surface area is 168 Å². The Morgan fingerprint density at radius 1 is 1.11 bits per heavy atom. The van der Waals surface area contributed by atoms with Crippen molar-refractivity contribution in [2.24, 2.45) is 0 Å². The molecule has 0 radical (unpaired) electrons. The first-order valence-corrected chi connectivity index (χ1v) is 10.1. The summed E-state index contributed by atoms with van der Waals surface area (Å²) in [6, 6.07) is 14.0. The van der Waals surface area contributed by atoms with Crippen LogP contribution in [-0.2, 0) is 11.3 Å². The third kappa shape index (κ3) is 3.51. The van der Waals surface area contributed by atoms with Gasteiger partial charge in [0.15, 0.2) is 17.2 Å². The number of benzene rings is 1. The van der Waals surface area contributed by atoms with E-state index in [2.05, 4.69) is 5.32 Å². The van der Waals surface area contributed by atoms with E-state index >= 15 is 0 Å². The van der Waals surface area contributed by atoms with Crippen molar-refractivity contribution in [1.82, 2.24) is 0 Å². The molecule has 6 nitrogen and oxygen atoms in total. The van der Waals surface area contributed by atoms with Crippen LogP contribution in [0, 0.1) is 0 Å². The summed E-state index contributed by atoms with van der Waals surface area (Å²) in [7, 11) is 0. The Kier molecular flexibility index (Phi) is 4.89. The predicted octanol–water partition coefficient (Wildman–Crippen LogP) is 4.84. The molecule has 1 aromatic heterocycles. The molecule has 0 unspecified atom stereocenters. The van der Waals surface area contributed by atoms with Crippen LogP contribution in [0.4, 0.5) is 5.69 Å². The summed E-state index contributed by atoms with van der Waals surface area (Å²) in [5, 5.41) is 24.3. The van der Waals surface area contributed by atoms with E-state index in [1.54, 1.807) is 0 Å². The smallest absolute Gasteiger partial charge is 0.349 e. The Morgan fingerprint density at radius 2 is 1.89 bits per heavy atom. The largest absolute Gasteiger partial charge is 0.479 e. The van der Waals surface area contributed by atoms with Crippen LogP contribution in [-0.4, -0.2) is 28.8 Å². The van der Waals surface area contributed by atoms with Crippen LogP contribution in [0.2, 0.25) is 0 Å². The first kappa shape index (κ1) is 18.3. The molecular weight excluding hydrogens is 398 g/mol. The Balaban J connectivity index is 1.69. The molecule has 0 fully saturated rings. The zero-order valence-corrected chi connectivity index (χ0v) is 16.1. The lowest BCUT2D eigenvalue weighted by molar-refractivity contribution is -0.139. The van der Waals surface area contributed by atoms with Crippen LogP contribution in [0.15, 0.2) is 47.8 Å². The van der Waals surface area contributed by atoms with Crippen molar-refractivity contribution in [3.63, 3.8) is 0 Å². The van der Waals surface area contributed by atoms with Gasteiger partial charge in [-0.05, 0) is 23.3 Å². The van der Waals surface area contributed by atoms with Gasteiger partial charge in [-0.3, -0.25) is 0 Å². The first-order valence-electron chi connectivity index (χ1n) is 8.36. The van der Waals surface area contributed by atoms with Crippen LogP contribution in [0.5, 0.6) is 5.75 Å². The lowest BCUT2D eigenvalue weighted by atomic mass is 10.2. The summed E-state index contributed by atoms with van der Waals surface area (Å²) in [6.45, 7) is 0.116. The van der Waals surface area contributed by atoms with Gasteiger partial charge in [0.1, 0.15) is 0 Å². The molecule has 8 heteroatoms. The predicted molar refractivity (Wildman–Crippen MR) is 110 cm³/mol. The van der Waals surface area contributed by atoms with E-state index in [1.807, 2.05) is 47.8 Å². The maximum Gasteiger partial charge on any atom is 0.349 e. The average molecular weight is 413 g/mol. The summed E-state index contributed by atoms with van der Waals surface area (Å²) < 4.78 is 6.10. The monoisotopic (exact) mass is 413 g/mol. The highest BCUT2D eigenvalue weighted by molar-refractivity contribution is 7.22. The lowest BCUT2D eigenvalue weighted by Gasteiger charge is -2.09. The number of carboxylic acid groups (broad SMARTS) is 2. The van der Waals surface area contributed by atoms with Crippen molar-refractivity contribution in [2.45, 2.75) is 6.54 Å². The van der Waals surface area contributed by atoms with Gasteiger partial charge in [-0.1, -0.05) is 30.3 Å². The minimum atomic E-state index is -1.15. The number of rotatable bonds is 7. The molecular formula is C20H15NO5S2. The quantitative estimate of drug-likeness (QED) is 0.401. The molecule has 1 aliphatic heterocycles. The maximum absolute atomic E-state index is 11.5. The van der Waals surface area contributed by atoms with Gasteiger partial charge in [-0.2, -0.15) is 0 Å². The normalized spacial score (nSPS) is 11.0. The third-order valence-corrected chi connectivity index (χ3v) is 6.31. The first-order chi connectivity index (χ1) is 13.5. The number of hydrogen-bond acceptors (Lipinski definition) is 6. The van der Waals surface area contributed by atoms with Crippen molar-refractivity contribution in [3.05, 3.63) is 58.3 Å². The van der Waals surface area contributed by atoms with E-state index in [1.165, 1.54) is 16.9 Å². The summed E-state index contributed by atoms with van der Waals surface area (Å²) in [4.78, 5) is 23.3. The van der Waals surface area contributed by atoms with Crippen molar-refractivity contribution in [3.8, 4) is 16.2 Å². The van der Waals surface area contributed by atoms with Gasteiger partial charge in [0.2, 0.25) is 0 Å². The second-order valence-electron chi connectivity index (χ2n) is 6.09. The number of hydrogen-bond donors (Lipinski definition) is 3. The van der Waals surface area contributed by atoms with Gasteiger partial charge < -0.3 is 20.3 Å². The fourth-order valence-electron chi connectivity index (χ4n) is 2.96. The van der Waals surface area contributed by atoms with Gasteiger partial charge in [-0.15, -0.1) is 22.7 Å². The molecule has 0 saturated heterocycles.